The SMILES string of the molecule is C[C@@H]1Cc2cc(O)ccc2[C@@H](c2c(F)cc(NC3CN(CCCF)C3)cc2F)N1c1ccc(F)cc1. The Hall–Kier alpha value is -3.26. The van der Waals surface area contributed by atoms with Crippen molar-refractivity contribution in [1.82, 2.24) is 4.90 Å². The Morgan fingerprint density at radius 3 is 2.33 bits per heavy atom. The van der Waals surface area contributed by atoms with Gasteiger partial charge in [-0.2, -0.15) is 0 Å². The second-order valence-corrected chi connectivity index (χ2v) is 9.72. The molecule has 0 radical (unpaired) electrons. The van der Waals surface area contributed by atoms with Crippen molar-refractivity contribution >= 4 is 11.4 Å². The highest BCUT2D eigenvalue weighted by molar-refractivity contribution is 5.60. The van der Waals surface area contributed by atoms with Crippen LogP contribution < -0.4 is 10.2 Å². The van der Waals surface area contributed by atoms with Gasteiger partial charge >= 0.3 is 0 Å². The van der Waals surface area contributed by atoms with E-state index in [1.807, 2.05) is 11.8 Å². The lowest BCUT2D eigenvalue weighted by atomic mass is 9.84. The summed E-state index contributed by atoms with van der Waals surface area (Å²) in [5, 5.41) is 13.2. The van der Waals surface area contributed by atoms with E-state index in [4.69, 9.17) is 0 Å². The van der Waals surface area contributed by atoms with Crippen molar-refractivity contribution in [2.24, 2.45) is 0 Å². The van der Waals surface area contributed by atoms with Gasteiger partial charge < -0.3 is 15.3 Å². The minimum absolute atomic E-state index is 0.0448. The molecule has 36 heavy (non-hydrogen) atoms. The zero-order valence-electron chi connectivity index (χ0n) is 20.0. The normalized spacial score (nSPS) is 20.2. The molecule has 5 rings (SSSR count). The van der Waals surface area contributed by atoms with Gasteiger partial charge in [0.05, 0.1) is 24.3 Å². The number of halogens is 4. The summed E-state index contributed by atoms with van der Waals surface area (Å²) >= 11 is 0. The molecule has 190 valence electrons. The first-order valence-electron chi connectivity index (χ1n) is 12.2. The molecule has 0 spiro atoms. The zero-order chi connectivity index (χ0) is 25.4. The third kappa shape index (κ3) is 4.74. The van der Waals surface area contributed by atoms with Crippen LogP contribution in [0, 0.1) is 17.5 Å². The molecule has 4 nitrogen and oxygen atoms in total. The van der Waals surface area contributed by atoms with E-state index in [-0.39, 0.29) is 30.1 Å². The Bertz CT molecular complexity index is 1210. The molecule has 1 fully saturated rings. The van der Waals surface area contributed by atoms with E-state index < -0.39 is 23.5 Å². The van der Waals surface area contributed by atoms with Crippen LogP contribution in [-0.4, -0.2) is 48.4 Å². The molecular formula is C28H29F4N3O. The smallest absolute Gasteiger partial charge is 0.133 e. The lowest BCUT2D eigenvalue weighted by Crippen LogP contribution is -2.54. The summed E-state index contributed by atoms with van der Waals surface area (Å²) in [6.07, 6.45) is 1.04. The fraction of sp³-hybridized carbons (Fsp3) is 0.357. The lowest BCUT2D eigenvalue weighted by Gasteiger charge is -2.44. The van der Waals surface area contributed by atoms with Crippen LogP contribution in [0.3, 0.4) is 0 Å². The quantitative estimate of drug-likeness (QED) is 0.403. The molecule has 0 bridgehead atoms. The van der Waals surface area contributed by atoms with Gasteiger partial charge in [-0.1, -0.05) is 6.07 Å². The molecule has 1 saturated heterocycles. The average molecular weight is 500 g/mol. The number of phenols is 1. The molecule has 2 atom stereocenters. The van der Waals surface area contributed by atoms with Crippen molar-refractivity contribution in [2.75, 3.05) is 36.5 Å². The highest BCUT2D eigenvalue weighted by atomic mass is 19.1. The number of hydrogen-bond donors (Lipinski definition) is 2. The summed E-state index contributed by atoms with van der Waals surface area (Å²) in [4.78, 5) is 4.00. The second kappa shape index (κ2) is 10.0. The van der Waals surface area contributed by atoms with Gasteiger partial charge in [-0.3, -0.25) is 9.29 Å². The van der Waals surface area contributed by atoms with Gasteiger partial charge in [-0.05, 0) is 79.4 Å². The number of phenolic OH excluding ortho intramolecular Hbond substituents is 1. The Kier molecular flexibility index (Phi) is 6.79. The minimum atomic E-state index is -0.802. The number of benzene rings is 3. The molecule has 0 aromatic heterocycles. The molecule has 0 saturated carbocycles. The standard InChI is InChI=1S/C28H29F4N3O/c1-17-11-18-12-23(36)7-8-24(18)28(35(17)22-5-3-19(30)4-6-22)27-25(31)13-20(14-26(27)32)33-21-15-34(16-21)10-2-9-29/h3-8,12-14,17,21,28,33,36H,2,9-11,15-16H2,1H3/t17-,28+/m1/s1. The molecule has 0 aliphatic carbocycles. The van der Waals surface area contributed by atoms with Gasteiger partial charge in [-0.25, -0.2) is 13.2 Å². The number of fused-ring (bicyclic) bond motifs is 1. The summed E-state index contributed by atoms with van der Waals surface area (Å²) in [6.45, 7) is 3.65. The van der Waals surface area contributed by atoms with Crippen LogP contribution >= 0.6 is 0 Å². The summed E-state index contributed by atoms with van der Waals surface area (Å²) < 4.78 is 57.4. The van der Waals surface area contributed by atoms with Crippen molar-refractivity contribution in [1.29, 1.82) is 0 Å². The number of rotatable bonds is 7. The Balaban J connectivity index is 1.49. The van der Waals surface area contributed by atoms with Gasteiger partial charge in [0, 0.05) is 37.1 Å². The molecular weight excluding hydrogens is 470 g/mol. The Morgan fingerprint density at radius 2 is 1.67 bits per heavy atom. The van der Waals surface area contributed by atoms with Gasteiger partial charge in [0.25, 0.3) is 0 Å². The maximum absolute atomic E-state index is 15.7. The van der Waals surface area contributed by atoms with Crippen molar-refractivity contribution in [3.8, 4) is 5.75 Å². The van der Waals surface area contributed by atoms with Crippen LogP contribution in [0.4, 0.5) is 28.9 Å². The minimum Gasteiger partial charge on any atom is -0.508 e. The highest BCUT2D eigenvalue weighted by Gasteiger charge is 2.37. The Labute approximate surface area is 208 Å². The van der Waals surface area contributed by atoms with Gasteiger partial charge in [0.2, 0.25) is 0 Å². The topological polar surface area (TPSA) is 38.7 Å². The summed E-state index contributed by atoms with van der Waals surface area (Å²) in [6, 6.07) is 12.4. The first-order chi connectivity index (χ1) is 17.3. The number of anilines is 2. The predicted octanol–water partition coefficient (Wildman–Crippen LogP) is 5.81. The number of hydrogen-bond acceptors (Lipinski definition) is 4. The van der Waals surface area contributed by atoms with Gasteiger partial charge in [0.1, 0.15) is 23.2 Å². The fourth-order valence-electron chi connectivity index (χ4n) is 5.46. The number of nitrogens with one attached hydrogen (secondary N) is 1. The molecule has 2 aliphatic heterocycles. The number of nitrogens with zero attached hydrogens (tertiary/aromatic N) is 2. The molecule has 8 heteroatoms. The molecule has 2 N–H and O–H groups in total. The van der Waals surface area contributed by atoms with E-state index in [2.05, 4.69) is 10.2 Å². The Morgan fingerprint density at radius 1 is 0.972 bits per heavy atom. The first kappa shape index (κ1) is 24.4. The highest BCUT2D eigenvalue weighted by Crippen LogP contribution is 2.44. The van der Waals surface area contributed by atoms with E-state index in [1.54, 1.807) is 24.3 Å². The molecule has 0 unspecified atom stereocenters. The van der Waals surface area contributed by atoms with Crippen LogP contribution in [0.5, 0.6) is 5.75 Å². The summed E-state index contributed by atoms with van der Waals surface area (Å²) in [5.41, 5.74) is 2.41. The maximum atomic E-state index is 15.7. The molecule has 0 amide bonds. The van der Waals surface area contributed by atoms with Crippen LogP contribution in [-0.2, 0) is 6.42 Å². The summed E-state index contributed by atoms with van der Waals surface area (Å²) in [7, 11) is 0. The second-order valence-electron chi connectivity index (χ2n) is 9.72. The van der Waals surface area contributed by atoms with Gasteiger partial charge in [-0.15, -0.1) is 0 Å². The van der Waals surface area contributed by atoms with E-state index in [0.29, 0.717) is 49.4 Å². The number of likely N-dealkylation sites (tertiary alicyclic amines) is 1. The van der Waals surface area contributed by atoms with Crippen LogP contribution in [0.2, 0.25) is 0 Å². The predicted molar refractivity (Wildman–Crippen MR) is 133 cm³/mol. The number of aromatic hydroxyl groups is 1. The van der Waals surface area contributed by atoms with E-state index in [1.165, 1.54) is 30.3 Å². The van der Waals surface area contributed by atoms with Crippen molar-refractivity contribution in [2.45, 2.75) is 37.9 Å². The van der Waals surface area contributed by atoms with Crippen LogP contribution in [0.1, 0.15) is 36.1 Å². The number of alkyl halides is 1. The zero-order valence-corrected chi connectivity index (χ0v) is 20.0. The fourth-order valence-corrected chi connectivity index (χ4v) is 5.46. The molecule has 2 heterocycles. The maximum Gasteiger partial charge on any atom is 0.133 e. The molecule has 3 aromatic rings. The molecule has 3 aromatic carbocycles. The first-order valence-corrected chi connectivity index (χ1v) is 12.2. The molecule has 2 aliphatic rings. The largest absolute Gasteiger partial charge is 0.508 e. The third-order valence-electron chi connectivity index (χ3n) is 7.10. The van der Waals surface area contributed by atoms with Crippen molar-refractivity contribution in [3.05, 3.63) is 88.7 Å². The van der Waals surface area contributed by atoms with E-state index in [0.717, 1.165) is 5.56 Å². The lowest BCUT2D eigenvalue weighted by molar-refractivity contribution is 0.155. The van der Waals surface area contributed by atoms with Crippen LogP contribution in [0.15, 0.2) is 54.6 Å². The van der Waals surface area contributed by atoms with Gasteiger partial charge in [0.15, 0.2) is 0 Å². The average Bonchev–Trinajstić information content (AvgIpc) is 2.80. The third-order valence-corrected chi connectivity index (χ3v) is 7.10. The summed E-state index contributed by atoms with van der Waals surface area (Å²) in [5.74, 6) is -1.67. The van der Waals surface area contributed by atoms with E-state index >= 15 is 8.78 Å². The monoisotopic (exact) mass is 499 g/mol. The van der Waals surface area contributed by atoms with E-state index in [9.17, 15) is 13.9 Å². The van der Waals surface area contributed by atoms with Crippen molar-refractivity contribution < 1.29 is 22.7 Å². The van der Waals surface area contributed by atoms with Crippen molar-refractivity contribution in [3.63, 3.8) is 0 Å². The van der Waals surface area contributed by atoms with Crippen LogP contribution in [0.25, 0.3) is 0 Å².